The molecule has 2 rings (SSSR count). The molecule has 4 nitrogen and oxygen atoms in total. The third kappa shape index (κ3) is 3.83. The highest BCUT2D eigenvalue weighted by Gasteiger charge is 2.07. The Balaban J connectivity index is 2.17. The van der Waals surface area contributed by atoms with Gasteiger partial charge in [-0.3, -0.25) is 5.10 Å². The van der Waals surface area contributed by atoms with Crippen LogP contribution in [0.5, 0.6) is 0 Å². The van der Waals surface area contributed by atoms with Gasteiger partial charge in [0.25, 0.3) is 0 Å². The molecule has 2 aromatic rings. The van der Waals surface area contributed by atoms with Gasteiger partial charge in [-0.15, -0.1) is 0 Å². The lowest BCUT2D eigenvalue weighted by atomic mass is 10.2. The van der Waals surface area contributed by atoms with Gasteiger partial charge in [-0.05, 0) is 29.5 Å². The first-order valence-electron chi connectivity index (χ1n) is 5.70. The van der Waals surface area contributed by atoms with Crippen molar-refractivity contribution in [1.29, 1.82) is 0 Å². The van der Waals surface area contributed by atoms with Gasteiger partial charge in [-0.1, -0.05) is 35.8 Å². The molecule has 0 unspecified atom stereocenters. The Morgan fingerprint density at radius 2 is 2.28 bits per heavy atom. The molecule has 0 spiro atoms. The minimum absolute atomic E-state index is 0.469. The number of rotatable bonds is 5. The standard InChI is InChI=1S/C12H15BrN4S/c1-8(2)14-6-9-3-4-10(13)5-11(9)18-12-15-7-16-17-12/h3-5,7-8,14H,6H2,1-2H3,(H,15,16,17). The molecule has 0 saturated carbocycles. The van der Waals surface area contributed by atoms with Crippen LogP contribution in [0.2, 0.25) is 0 Å². The molecule has 6 heteroatoms. The summed E-state index contributed by atoms with van der Waals surface area (Å²) in [7, 11) is 0. The summed E-state index contributed by atoms with van der Waals surface area (Å²) in [4.78, 5) is 5.31. The third-order valence-electron chi connectivity index (χ3n) is 2.33. The largest absolute Gasteiger partial charge is 0.310 e. The van der Waals surface area contributed by atoms with Gasteiger partial charge in [0.15, 0.2) is 5.16 Å². The van der Waals surface area contributed by atoms with Crippen molar-refractivity contribution in [2.75, 3.05) is 0 Å². The zero-order valence-corrected chi connectivity index (χ0v) is 12.7. The third-order valence-corrected chi connectivity index (χ3v) is 3.81. The fourth-order valence-electron chi connectivity index (χ4n) is 1.43. The van der Waals surface area contributed by atoms with E-state index in [1.807, 2.05) is 0 Å². The Kier molecular flexibility index (Phi) is 4.79. The van der Waals surface area contributed by atoms with Crippen molar-refractivity contribution in [3.63, 3.8) is 0 Å². The van der Waals surface area contributed by atoms with Gasteiger partial charge in [0.1, 0.15) is 6.33 Å². The summed E-state index contributed by atoms with van der Waals surface area (Å²) in [6, 6.07) is 6.75. The van der Waals surface area contributed by atoms with Crippen LogP contribution in [0.25, 0.3) is 0 Å². The van der Waals surface area contributed by atoms with Crippen molar-refractivity contribution in [2.24, 2.45) is 0 Å². The number of benzene rings is 1. The normalized spacial score (nSPS) is 11.1. The molecule has 0 aliphatic carbocycles. The van der Waals surface area contributed by atoms with Crippen LogP contribution in [-0.4, -0.2) is 21.2 Å². The van der Waals surface area contributed by atoms with Gasteiger partial charge in [-0.2, -0.15) is 5.10 Å². The van der Waals surface area contributed by atoms with Crippen molar-refractivity contribution < 1.29 is 0 Å². The number of hydrogen-bond acceptors (Lipinski definition) is 4. The summed E-state index contributed by atoms with van der Waals surface area (Å²) >= 11 is 5.09. The number of halogens is 1. The molecule has 18 heavy (non-hydrogen) atoms. The highest BCUT2D eigenvalue weighted by atomic mass is 79.9. The SMILES string of the molecule is CC(C)NCc1ccc(Br)cc1Sc1ncn[nH]1. The summed E-state index contributed by atoms with van der Waals surface area (Å²) in [6.07, 6.45) is 1.52. The van der Waals surface area contributed by atoms with E-state index in [1.165, 1.54) is 16.8 Å². The van der Waals surface area contributed by atoms with Gasteiger partial charge < -0.3 is 5.32 Å². The van der Waals surface area contributed by atoms with E-state index in [9.17, 15) is 0 Å². The number of aromatic nitrogens is 3. The fraction of sp³-hybridized carbons (Fsp3) is 0.333. The van der Waals surface area contributed by atoms with Gasteiger partial charge >= 0.3 is 0 Å². The molecule has 0 saturated heterocycles. The number of nitrogens with one attached hydrogen (secondary N) is 2. The molecule has 0 aliphatic rings. The molecule has 1 aromatic carbocycles. The Bertz CT molecular complexity index is 499. The first-order valence-corrected chi connectivity index (χ1v) is 7.31. The van der Waals surface area contributed by atoms with Crippen LogP contribution >= 0.6 is 27.7 Å². The van der Waals surface area contributed by atoms with E-state index in [-0.39, 0.29) is 0 Å². The molecule has 2 N–H and O–H groups in total. The topological polar surface area (TPSA) is 53.6 Å². The molecule has 0 radical (unpaired) electrons. The minimum Gasteiger partial charge on any atom is -0.310 e. The number of H-pyrrole nitrogens is 1. The first-order chi connectivity index (χ1) is 8.65. The second kappa shape index (κ2) is 6.36. The van der Waals surface area contributed by atoms with Crippen LogP contribution in [-0.2, 0) is 6.54 Å². The second-order valence-corrected chi connectivity index (χ2v) is 6.13. The van der Waals surface area contributed by atoms with Gasteiger partial charge in [0.2, 0.25) is 0 Å². The van der Waals surface area contributed by atoms with E-state index in [0.29, 0.717) is 6.04 Å². The van der Waals surface area contributed by atoms with Gasteiger partial charge in [0.05, 0.1) is 0 Å². The van der Waals surface area contributed by atoms with E-state index in [1.54, 1.807) is 11.8 Å². The Morgan fingerprint density at radius 1 is 1.44 bits per heavy atom. The summed E-state index contributed by atoms with van der Waals surface area (Å²) in [5.74, 6) is 0. The number of aromatic amines is 1. The van der Waals surface area contributed by atoms with Crippen LogP contribution in [0, 0.1) is 0 Å². The predicted molar refractivity (Wildman–Crippen MR) is 76.6 cm³/mol. The monoisotopic (exact) mass is 326 g/mol. The molecule has 0 aliphatic heterocycles. The summed E-state index contributed by atoms with van der Waals surface area (Å²) in [6.45, 7) is 5.13. The van der Waals surface area contributed by atoms with Crippen LogP contribution in [0.4, 0.5) is 0 Å². The summed E-state index contributed by atoms with van der Waals surface area (Å²) in [5, 5.41) is 11.0. The Hall–Kier alpha value is -0.850. The summed E-state index contributed by atoms with van der Waals surface area (Å²) in [5.41, 5.74) is 1.26. The fourth-order valence-corrected chi connectivity index (χ4v) is 2.81. The van der Waals surface area contributed by atoms with E-state index >= 15 is 0 Å². The Labute approximate surface area is 119 Å². The maximum absolute atomic E-state index is 4.14. The van der Waals surface area contributed by atoms with Gasteiger partial charge in [-0.25, -0.2) is 4.98 Å². The van der Waals surface area contributed by atoms with Gasteiger partial charge in [0, 0.05) is 22.0 Å². The maximum Gasteiger partial charge on any atom is 0.188 e. The van der Waals surface area contributed by atoms with Crippen molar-refractivity contribution in [3.8, 4) is 0 Å². The average Bonchev–Trinajstić information content (AvgIpc) is 2.80. The summed E-state index contributed by atoms with van der Waals surface area (Å²) < 4.78 is 1.07. The zero-order valence-electron chi connectivity index (χ0n) is 10.3. The Morgan fingerprint density at radius 3 is 2.94 bits per heavy atom. The predicted octanol–water partition coefficient (Wildman–Crippen LogP) is 3.22. The van der Waals surface area contributed by atoms with Crippen molar-refractivity contribution in [3.05, 3.63) is 34.6 Å². The van der Waals surface area contributed by atoms with Crippen LogP contribution < -0.4 is 5.32 Å². The molecule has 0 bridgehead atoms. The lowest BCUT2D eigenvalue weighted by Crippen LogP contribution is -2.22. The van der Waals surface area contributed by atoms with Crippen LogP contribution in [0.1, 0.15) is 19.4 Å². The quantitative estimate of drug-likeness (QED) is 0.885. The lowest BCUT2D eigenvalue weighted by Gasteiger charge is -2.12. The molecule has 0 fully saturated rings. The van der Waals surface area contributed by atoms with Crippen molar-refractivity contribution in [2.45, 2.75) is 36.5 Å². The van der Waals surface area contributed by atoms with Crippen LogP contribution in [0.15, 0.2) is 39.1 Å². The van der Waals surface area contributed by atoms with Crippen molar-refractivity contribution in [1.82, 2.24) is 20.5 Å². The number of nitrogens with zero attached hydrogens (tertiary/aromatic N) is 2. The second-order valence-electron chi connectivity index (χ2n) is 4.18. The van der Waals surface area contributed by atoms with E-state index in [2.05, 4.69) is 68.5 Å². The number of hydrogen-bond donors (Lipinski definition) is 2. The molecule has 0 atom stereocenters. The van der Waals surface area contributed by atoms with E-state index < -0.39 is 0 Å². The highest BCUT2D eigenvalue weighted by Crippen LogP contribution is 2.30. The van der Waals surface area contributed by atoms with Crippen molar-refractivity contribution >= 4 is 27.7 Å². The lowest BCUT2D eigenvalue weighted by molar-refractivity contribution is 0.584. The van der Waals surface area contributed by atoms with E-state index in [0.717, 1.165) is 16.2 Å². The highest BCUT2D eigenvalue weighted by molar-refractivity contribution is 9.10. The minimum atomic E-state index is 0.469. The smallest absolute Gasteiger partial charge is 0.188 e. The first kappa shape index (κ1) is 13.6. The maximum atomic E-state index is 4.14. The molecular weight excluding hydrogens is 312 g/mol. The molecule has 0 amide bonds. The molecule has 96 valence electrons. The average molecular weight is 327 g/mol. The molecule has 1 heterocycles. The molecule has 1 aromatic heterocycles. The van der Waals surface area contributed by atoms with Crippen LogP contribution in [0.3, 0.4) is 0 Å². The molecular formula is C12H15BrN4S. The van der Waals surface area contributed by atoms with E-state index in [4.69, 9.17) is 0 Å². The zero-order chi connectivity index (χ0) is 13.0.